The van der Waals surface area contributed by atoms with Crippen LogP contribution in [0.4, 0.5) is 10.5 Å². The van der Waals surface area contributed by atoms with E-state index in [4.69, 9.17) is 9.47 Å². The van der Waals surface area contributed by atoms with Crippen LogP contribution in [0.25, 0.3) is 0 Å². The summed E-state index contributed by atoms with van der Waals surface area (Å²) in [6, 6.07) is 8.73. The van der Waals surface area contributed by atoms with Crippen LogP contribution in [0.15, 0.2) is 30.3 Å². The summed E-state index contributed by atoms with van der Waals surface area (Å²) in [7, 11) is -3.18. The van der Waals surface area contributed by atoms with Crippen molar-refractivity contribution in [3.8, 4) is 0 Å². The summed E-state index contributed by atoms with van der Waals surface area (Å²) < 4.78 is 34.7. The van der Waals surface area contributed by atoms with Gasteiger partial charge in [0.1, 0.15) is 24.9 Å². The molecule has 1 amide bonds. The maximum atomic E-state index is 12.0. The molecule has 0 saturated carbocycles. The minimum Gasteiger partial charge on any atom is -0.439 e. The normalized spacial score (nSPS) is 27.5. The molecule has 1 aromatic carbocycles. The van der Waals surface area contributed by atoms with E-state index in [9.17, 15) is 13.2 Å². The summed E-state index contributed by atoms with van der Waals surface area (Å²) in [4.78, 5) is 13.2. The van der Waals surface area contributed by atoms with Crippen LogP contribution < -0.4 is 10.2 Å². The van der Waals surface area contributed by atoms with Gasteiger partial charge in [0.25, 0.3) is 0 Å². The molecule has 1 aromatic rings. The highest BCUT2D eigenvalue weighted by atomic mass is 32.2. The van der Waals surface area contributed by atoms with Crippen LogP contribution >= 0.6 is 0 Å². The highest BCUT2D eigenvalue weighted by Crippen LogP contribution is 2.16. The van der Waals surface area contributed by atoms with Crippen LogP contribution in [0.2, 0.25) is 0 Å². The van der Waals surface area contributed by atoms with Crippen LogP contribution in [-0.4, -0.2) is 64.5 Å². The lowest BCUT2D eigenvalue weighted by Crippen LogP contribution is -3.19. The molecule has 2 saturated heterocycles. The molecule has 2 aliphatic heterocycles. The molecule has 2 heterocycles. The van der Waals surface area contributed by atoms with E-state index < -0.39 is 22.0 Å². The van der Waals surface area contributed by atoms with Crippen molar-refractivity contribution in [1.29, 1.82) is 0 Å². The average molecular weight is 341 g/mol. The van der Waals surface area contributed by atoms with E-state index in [0.29, 0.717) is 18.9 Å². The number of quaternary nitrogens is 1. The molecule has 126 valence electrons. The van der Waals surface area contributed by atoms with Gasteiger partial charge < -0.3 is 14.4 Å². The molecular weight excluding hydrogens is 320 g/mol. The lowest BCUT2D eigenvalue weighted by atomic mass is 10.1. The SMILES string of the molecule is O=C(Nc1ccccc1)O[C@@H]1CS(=O)(=O)C[C@@H]1[NH+]1CCOCC1. The second-order valence-electron chi connectivity index (χ2n) is 5.89. The van der Waals surface area contributed by atoms with Gasteiger partial charge in [-0.15, -0.1) is 0 Å². The van der Waals surface area contributed by atoms with Gasteiger partial charge >= 0.3 is 6.09 Å². The fourth-order valence-corrected chi connectivity index (χ4v) is 5.06. The largest absolute Gasteiger partial charge is 0.439 e. The molecule has 0 bridgehead atoms. The van der Waals surface area contributed by atoms with Gasteiger partial charge in [0, 0.05) is 5.69 Å². The Morgan fingerprint density at radius 3 is 2.57 bits per heavy atom. The Bertz CT molecular complexity index is 643. The maximum absolute atomic E-state index is 12.0. The number of hydrogen-bond acceptors (Lipinski definition) is 5. The minimum absolute atomic E-state index is 0.0611. The zero-order chi connectivity index (χ0) is 16.3. The number of para-hydroxylation sites is 1. The molecule has 2 fully saturated rings. The number of hydrogen-bond donors (Lipinski definition) is 2. The number of carbonyl (C=O) groups excluding carboxylic acids is 1. The van der Waals surface area contributed by atoms with E-state index in [1.165, 1.54) is 0 Å². The van der Waals surface area contributed by atoms with Crippen molar-refractivity contribution in [2.24, 2.45) is 0 Å². The maximum Gasteiger partial charge on any atom is 0.412 e. The van der Waals surface area contributed by atoms with Gasteiger partial charge in [-0.25, -0.2) is 13.2 Å². The molecule has 0 unspecified atom stereocenters. The first-order valence-corrected chi connectivity index (χ1v) is 9.51. The van der Waals surface area contributed by atoms with Crippen molar-refractivity contribution < 1.29 is 27.6 Å². The van der Waals surface area contributed by atoms with Crippen molar-refractivity contribution in [1.82, 2.24) is 0 Å². The van der Waals surface area contributed by atoms with Crippen molar-refractivity contribution >= 4 is 21.6 Å². The molecule has 8 heteroatoms. The summed E-state index contributed by atoms with van der Waals surface area (Å²) in [5.41, 5.74) is 0.619. The Morgan fingerprint density at radius 1 is 1.17 bits per heavy atom. The zero-order valence-corrected chi connectivity index (χ0v) is 13.6. The Kier molecular flexibility index (Phi) is 4.84. The van der Waals surface area contributed by atoms with Crippen molar-refractivity contribution in [2.75, 3.05) is 43.1 Å². The predicted octanol–water partition coefficient (Wildman–Crippen LogP) is -0.684. The van der Waals surface area contributed by atoms with Crippen LogP contribution in [0.3, 0.4) is 0 Å². The van der Waals surface area contributed by atoms with Crippen LogP contribution in [0, 0.1) is 0 Å². The van der Waals surface area contributed by atoms with Crippen LogP contribution in [0.1, 0.15) is 0 Å². The Morgan fingerprint density at radius 2 is 1.87 bits per heavy atom. The molecule has 0 aromatic heterocycles. The van der Waals surface area contributed by atoms with Crippen LogP contribution in [0.5, 0.6) is 0 Å². The molecule has 3 rings (SSSR count). The first-order chi connectivity index (χ1) is 11.0. The predicted molar refractivity (Wildman–Crippen MR) is 84.3 cm³/mol. The van der Waals surface area contributed by atoms with E-state index in [2.05, 4.69) is 5.32 Å². The lowest BCUT2D eigenvalue weighted by Gasteiger charge is -2.31. The zero-order valence-electron chi connectivity index (χ0n) is 12.7. The lowest BCUT2D eigenvalue weighted by molar-refractivity contribution is -0.932. The fraction of sp³-hybridized carbons (Fsp3) is 0.533. The van der Waals surface area contributed by atoms with E-state index in [1.807, 2.05) is 6.07 Å². The van der Waals surface area contributed by atoms with E-state index in [-0.39, 0.29) is 17.5 Å². The molecule has 2 N–H and O–H groups in total. The number of morpholine rings is 1. The molecule has 2 atom stereocenters. The second kappa shape index (κ2) is 6.86. The highest BCUT2D eigenvalue weighted by molar-refractivity contribution is 7.91. The second-order valence-corrected chi connectivity index (χ2v) is 8.04. The Labute approximate surface area is 135 Å². The van der Waals surface area contributed by atoms with Gasteiger partial charge in [0.15, 0.2) is 15.9 Å². The molecule has 0 aliphatic carbocycles. The summed E-state index contributed by atoms with van der Waals surface area (Å²) in [5, 5.41) is 2.63. The fourth-order valence-electron chi connectivity index (χ4n) is 3.12. The van der Waals surface area contributed by atoms with E-state index in [0.717, 1.165) is 18.0 Å². The van der Waals surface area contributed by atoms with Gasteiger partial charge in [-0.1, -0.05) is 18.2 Å². The topological polar surface area (TPSA) is 86.1 Å². The van der Waals surface area contributed by atoms with Gasteiger partial charge in [0.05, 0.1) is 19.0 Å². The average Bonchev–Trinajstić information content (AvgIpc) is 2.83. The molecule has 7 nitrogen and oxygen atoms in total. The third kappa shape index (κ3) is 4.21. The monoisotopic (exact) mass is 341 g/mol. The van der Waals surface area contributed by atoms with E-state index >= 15 is 0 Å². The highest BCUT2D eigenvalue weighted by Gasteiger charge is 2.46. The molecule has 23 heavy (non-hydrogen) atoms. The van der Waals surface area contributed by atoms with Crippen molar-refractivity contribution in [2.45, 2.75) is 12.1 Å². The minimum atomic E-state index is -3.18. The Balaban J connectivity index is 1.65. The molecule has 0 spiro atoms. The van der Waals surface area contributed by atoms with Gasteiger partial charge in [-0.3, -0.25) is 5.32 Å². The number of anilines is 1. The number of sulfone groups is 1. The van der Waals surface area contributed by atoms with E-state index in [1.54, 1.807) is 24.3 Å². The van der Waals surface area contributed by atoms with Crippen molar-refractivity contribution in [3.63, 3.8) is 0 Å². The van der Waals surface area contributed by atoms with Crippen molar-refractivity contribution in [3.05, 3.63) is 30.3 Å². The summed E-state index contributed by atoms with van der Waals surface area (Å²) in [6.45, 7) is 2.68. The van der Waals surface area contributed by atoms with Crippen LogP contribution in [-0.2, 0) is 19.3 Å². The molecule has 2 aliphatic rings. The van der Waals surface area contributed by atoms with Gasteiger partial charge in [-0.05, 0) is 12.1 Å². The third-order valence-electron chi connectivity index (χ3n) is 4.24. The smallest absolute Gasteiger partial charge is 0.412 e. The Hall–Kier alpha value is -1.64. The number of amides is 1. The number of nitrogens with one attached hydrogen (secondary N) is 2. The first-order valence-electron chi connectivity index (χ1n) is 7.69. The number of carbonyl (C=O) groups is 1. The first kappa shape index (κ1) is 16.2. The summed E-state index contributed by atoms with van der Waals surface area (Å²) >= 11 is 0. The number of benzene rings is 1. The quantitative estimate of drug-likeness (QED) is 0.761. The number of rotatable bonds is 3. The standard InChI is InChI=1S/C15H20N2O5S/c18-15(16-12-4-2-1-3-5-12)22-14-11-23(19,20)10-13(14)17-6-8-21-9-7-17/h1-5,13-14H,6-11H2,(H,16,18)/p+1/t13-,14+/m0/s1. The number of ether oxygens (including phenoxy) is 2. The molecular formula is C15H21N2O5S+. The summed E-state index contributed by atoms with van der Waals surface area (Å²) in [5.74, 6) is -0.0458. The van der Waals surface area contributed by atoms with Gasteiger partial charge in [-0.2, -0.15) is 0 Å². The molecule has 0 radical (unpaired) electrons. The summed E-state index contributed by atoms with van der Waals surface area (Å²) in [6.07, 6.45) is -1.23. The third-order valence-corrected chi connectivity index (χ3v) is 5.94. The van der Waals surface area contributed by atoms with Gasteiger partial charge in [0.2, 0.25) is 0 Å².